The van der Waals surface area contributed by atoms with Gasteiger partial charge >= 0.3 is 5.97 Å². The molecule has 3 nitrogen and oxygen atoms in total. The molecule has 0 bridgehead atoms. The lowest BCUT2D eigenvalue weighted by Crippen LogP contribution is -2.23. The Balaban J connectivity index is 1.92. The molecule has 0 aromatic heterocycles. The van der Waals surface area contributed by atoms with Gasteiger partial charge in [-0.3, -0.25) is 4.79 Å². The van der Waals surface area contributed by atoms with Crippen LogP contribution in [0.15, 0.2) is 24.3 Å². The number of ether oxygens (including phenoxy) is 1. The van der Waals surface area contributed by atoms with E-state index >= 15 is 0 Å². The van der Waals surface area contributed by atoms with Crippen molar-refractivity contribution in [3.8, 4) is 11.8 Å². The largest absolute Gasteiger partial charge is 0.426 e. The molecule has 0 saturated heterocycles. The first-order valence-corrected chi connectivity index (χ1v) is 6.26. The number of rotatable bonds is 2. The molecule has 0 N–H and O–H groups in total. The van der Waals surface area contributed by atoms with Gasteiger partial charge in [-0.2, -0.15) is 5.26 Å². The van der Waals surface area contributed by atoms with Crippen LogP contribution in [0, 0.1) is 23.2 Å². The van der Waals surface area contributed by atoms with Crippen LogP contribution in [0.2, 0.25) is 0 Å². The third kappa shape index (κ3) is 3.10. The van der Waals surface area contributed by atoms with Crippen molar-refractivity contribution in [3.63, 3.8) is 0 Å². The molecule has 18 heavy (non-hydrogen) atoms. The summed E-state index contributed by atoms with van der Waals surface area (Å²) in [5, 5.41) is 8.68. The molecule has 2 rings (SSSR count). The molecule has 0 amide bonds. The molecule has 0 heterocycles. The number of benzene rings is 1. The van der Waals surface area contributed by atoms with Gasteiger partial charge in [-0.05, 0) is 55.9 Å². The van der Waals surface area contributed by atoms with Gasteiger partial charge in [0.05, 0.1) is 17.6 Å². The molecular weight excluding hydrogens is 226 g/mol. The Morgan fingerprint density at radius 2 is 1.89 bits per heavy atom. The van der Waals surface area contributed by atoms with E-state index in [2.05, 4.69) is 6.92 Å². The molecule has 1 aliphatic carbocycles. The van der Waals surface area contributed by atoms with Crippen LogP contribution >= 0.6 is 0 Å². The highest BCUT2D eigenvalue weighted by Gasteiger charge is 2.26. The van der Waals surface area contributed by atoms with Crippen LogP contribution in [0.4, 0.5) is 0 Å². The first kappa shape index (κ1) is 12.6. The summed E-state index contributed by atoms with van der Waals surface area (Å²) in [6.07, 6.45) is 3.82. The molecule has 1 aromatic carbocycles. The SMILES string of the molecule is CC1CC[C](C(=O)Oc2ccc(C#N)cc2)CC1. The number of hydrogen-bond acceptors (Lipinski definition) is 3. The quantitative estimate of drug-likeness (QED) is 0.591. The maximum atomic E-state index is 11.9. The van der Waals surface area contributed by atoms with Crippen LogP contribution in [0.1, 0.15) is 38.2 Å². The van der Waals surface area contributed by atoms with Crippen molar-refractivity contribution in [2.45, 2.75) is 32.6 Å². The fourth-order valence-corrected chi connectivity index (χ4v) is 2.09. The van der Waals surface area contributed by atoms with E-state index in [4.69, 9.17) is 10.00 Å². The lowest BCUT2D eigenvalue weighted by atomic mass is 9.83. The molecule has 0 spiro atoms. The number of nitrogens with zero attached hydrogens (tertiary/aromatic N) is 1. The van der Waals surface area contributed by atoms with Crippen molar-refractivity contribution < 1.29 is 9.53 Å². The van der Waals surface area contributed by atoms with Gasteiger partial charge in [-0.15, -0.1) is 0 Å². The first-order chi connectivity index (χ1) is 8.69. The zero-order chi connectivity index (χ0) is 13.0. The summed E-state index contributed by atoms with van der Waals surface area (Å²) < 4.78 is 5.30. The third-order valence-electron chi connectivity index (χ3n) is 3.36. The van der Waals surface area contributed by atoms with E-state index in [-0.39, 0.29) is 5.97 Å². The topological polar surface area (TPSA) is 50.1 Å². The number of carbonyl (C=O) groups is 1. The standard InChI is InChI=1S/C15H16NO2/c1-11-2-6-13(7-3-11)15(17)18-14-8-4-12(10-16)5-9-14/h4-5,8-9,11H,2-3,6-7H2,1H3. The molecule has 1 radical (unpaired) electrons. The molecule has 0 unspecified atom stereocenters. The van der Waals surface area contributed by atoms with Crippen molar-refractivity contribution in [2.24, 2.45) is 5.92 Å². The third-order valence-corrected chi connectivity index (χ3v) is 3.36. The number of nitriles is 1. The van der Waals surface area contributed by atoms with E-state index in [9.17, 15) is 4.79 Å². The Morgan fingerprint density at radius 3 is 2.44 bits per heavy atom. The second-order valence-corrected chi connectivity index (χ2v) is 4.81. The average Bonchev–Trinajstić information content (AvgIpc) is 2.40. The molecular formula is C15H16NO2. The first-order valence-electron chi connectivity index (χ1n) is 6.26. The Labute approximate surface area is 107 Å². The normalized spacial score (nSPS) is 17.1. The Morgan fingerprint density at radius 1 is 1.28 bits per heavy atom. The second-order valence-electron chi connectivity index (χ2n) is 4.81. The van der Waals surface area contributed by atoms with Crippen molar-refractivity contribution >= 4 is 5.97 Å². The number of hydrogen-bond donors (Lipinski definition) is 0. The minimum absolute atomic E-state index is 0.216. The van der Waals surface area contributed by atoms with Gasteiger partial charge in [0.15, 0.2) is 0 Å². The van der Waals surface area contributed by atoms with Crippen LogP contribution < -0.4 is 4.74 Å². The van der Waals surface area contributed by atoms with Gasteiger partial charge < -0.3 is 4.74 Å². The Bertz CT molecular complexity index is 450. The van der Waals surface area contributed by atoms with E-state index in [0.29, 0.717) is 17.2 Å². The van der Waals surface area contributed by atoms with E-state index in [1.165, 1.54) is 0 Å². The van der Waals surface area contributed by atoms with Crippen LogP contribution in [0.25, 0.3) is 0 Å². The van der Waals surface area contributed by atoms with Crippen LogP contribution in [0.5, 0.6) is 5.75 Å². The molecule has 1 aromatic rings. The zero-order valence-corrected chi connectivity index (χ0v) is 10.5. The predicted octanol–water partition coefficient (Wildman–Crippen LogP) is 3.25. The Kier molecular flexibility index (Phi) is 3.99. The summed E-state index contributed by atoms with van der Waals surface area (Å²) in [6.45, 7) is 2.21. The van der Waals surface area contributed by atoms with Crippen LogP contribution in [-0.2, 0) is 4.79 Å². The van der Waals surface area contributed by atoms with Gasteiger partial charge in [0.25, 0.3) is 0 Å². The molecule has 3 heteroatoms. The minimum atomic E-state index is -0.216. The summed E-state index contributed by atoms with van der Waals surface area (Å²) in [5.41, 5.74) is 0.564. The molecule has 93 valence electrons. The maximum absolute atomic E-state index is 11.9. The van der Waals surface area contributed by atoms with Gasteiger partial charge in [0, 0.05) is 0 Å². The predicted molar refractivity (Wildman–Crippen MR) is 67.7 cm³/mol. The van der Waals surface area contributed by atoms with E-state index in [0.717, 1.165) is 31.6 Å². The van der Waals surface area contributed by atoms with Crippen LogP contribution in [0.3, 0.4) is 0 Å². The van der Waals surface area contributed by atoms with Gasteiger partial charge in [0.2, 0.25) is 0 Å². The highest BCUT2D eigenvalue weighted by Crippen LogP contribution is 2.31. The van der Waals surface area contributed by atoms with Crippen LogP contribution in [-0.4, -0.2) is 5.97 Å². The van der Waals surface area contributed by atoms with E-state index < -0.39 is 0 Å². The van der Waals surface area contributed by atoms with E-state index in [1.807, 2.05) is 6.07 Å². The van der Waals surface area contributed by atoms with Crippen molar-refractivity contribution in [1.29, 1.82) is 5.26 Å². The monoisotopic (exact) mass is 242 g/mol. The second kappa shape index (κ2) is 5.68. The summed E-state index contributed by atoms with van der Waals surface area (Å²) in [5.74, 6) is 1.88. The van der Waals surface area contributed by atoms with E-state index in [1.54, 1.807) is 24.3 Å². The van der Waals surface area contributed by atoms with Gasteiger partial charge in [-0.25, -0.2) is 0 Å². The Hall–Kier alpha value is -1.82. The number of esters is 1. The smallest absolute Gasteiger partial charge is 0.318 e. The van der Waals surface area contributed by atoms with Crippen molar-refractivity contribution in [3.05, 3.63) is 35.7 Å². The number of carbonyl (C=O) groups excluding carboxylic acids is 1. The molecule has 0 aliphatic heterocycles. The lowest BCUT2D eigenvalue weighted by Gasteiger charge is -2.23. The summed E-state index contributed by atoms with van der Waals surface area (Å²) in [6, 6.07) is 8.64. The highest BCUT2D eigenvalue weighted by atomic mass is 16.5. The van der Waals surface area contributed by atoms with Gasteiger partial charge in [-0.1, -0.05) is 6.92 Å². The molecule has 1 saturated carbocycles. The summed E-state index contributed by atoms with van der Waals surface area (Å²) in [4.78, 5) is 11.9. The summed E-state index contributed by atoms with van der Waals surface area (Å²) in [7, 11) is 0. The highest BCUT2D eigenvalue weighted by molar-refractivity contribution is 5.86. The van der Waals surface area contributed by atoms with Crippen molar-refractivity contribution in [2.75, 3.05) is 0 Å². The molecule has 1 aliphatic rings. The fraction of sp³-hybridized carbons (Fsp3) is 0.400. The maximum Gasteiger partial charge on any atom is 0.318 e. The van der Waals surface area contributed by atoms with Crippen molar-refractivity contribution in [1.82, 2.24) is 0 Å². The zero-order valence-electron chi connectivity index (χ0n) is 10.5. The fourth-order valence-electron chi connectivity index (χ4n) is 2.09. The average molecular weight is 242 g/mol. The van der Waals surface area contributed by atoms with Gasteiger partial charge in [0.1, 0.15) is 5.75 Å². The lowest BCUT2D eigenvalue weighted by molar-refractivity contribution is -0.133. The summed E-state index contributed by atoms with van der Waals surface area (Å²) >= 11 is 0. The molecule has 0 atom stereocenters. The minimum Gasteiger partial charge on any atom is -0.426 e. The molecule has 1 fully saturated rings.